The van der Waals surface area contributed by atoms with E-state index in [1.165, 1.54) is 28.8 Å². The second-order valence-electron chi connectivity index (χ2n) is 6.17. The first-order valence-corrected chi connectivity index (χ1v) is 9.59. The smallest absolute Gasteiger partial charge is 0.283 e. The minimum absolute atomic E-state index is 0.255. The van der Waals surface area contributed by atoms with E-state index >= 15 is 0 Å². The summed E-state index contributed by atoms with van der Waals surface area (Å²) in [6, 6.07) is 17.1. The molecule has 4 rings (SSSR count). The van der Waals surface area contributed by atoms with E-state index in [-0.39, 0.29) is 11.7 Å². The maximum absolute atomic E-state index is 13.3. The molecule has 0 saturated heterocycles. The summed E-state index contributed by atoms with van der Waals surface area (Å²) in [5.41, 5.74) is 2.53. The highest BCUT2D eigenvalue weighted by atomic mass is 32.2. The Morgan fingerprint density at radius 1 is 1.14 bits per heavy atom. The van der Waals surface area contributed by atoms with Crippen molar-refractivity contribution in [1.82, 2.24) is 5.16 Å². The maximum atomic E-state index is 13.3. The second kappa shape index (κ2) is 7.82. The summed E-state index contributed by atoms with van der Waals surface area (Å²) < 4.78 is 18.4. The molecular weight excluding hydrogens is 377 g/mol. The van der Waals surface area contributed by atoms with Crippen LogP contribution in [0.4, 0.5) is 10.1 Å². The molecule has 0 saturated carbocycles. The first-order valence-electron chi connectivity index (χ1n) is 8.60. The quantitative estimate of drug-likeness (QED) is 0.598. The van der Waals surface area contributed by atoms with E-state index in [1.54, 1.807) is 18.2 Å². The molecule has 1 aliphatic heterocycles. The van der Waals surface area contributed by atoms with E-state index in [1.807, 2.05) is 43.3 Å². The Morgan fingerprint density at radius 2 is 1.89 bits per heavy atom. The Kier molecular flexibility index (Phi) is 5.08. The molecule has 0 N–H and O–H groups in total. The predicted molar refractivity (Wildman–Crippen MR) is 108 cm³/mol. The molecule has 0 unspecified atom stereocenters. The van der Waals surface area contributed by atoms with Crippen LogP contribution < -0.4 is 4.90 Å². The van der Waals surface area contributed by atoms with E-state index in [9.17, 15) is 9.18 Å². The fourth-order valence-corrected chi connectivity index (χ4v) is 3.64. The number of carbonyl (C=O) groups is 1. The summed E-state index contributed by atoms with van der Waals surface area (Å²) in [7, 11) is 0. The molecule has 3 aromatic rings. The standard InChI is InChI=1S/C21H16FN3O2S/c1-14-11-17(24-27-14)13-28-21-23-19(12-15-5-3-2-4-6-15)20(26)25(21)18-9-7-16(22)8-10-18/h2-12H,13H2,1H3/b19-12-. The van der Waals surface area contributed by atoms with E-state index in [2.05, 4.69) is 10.1 Å². The fraction of sp³-hybridized carbons (Fsp3) is 0.0952. The lowest BCUT2D eigenvalue weighted by molar-refractivity contribution is -0.113. The van der Waals surface area contributed by atoms with Crippen molar-refractivity contribution in [2.75, 3.05) is 4.90 Å². The van der Waals surface area contributed by atoms with Gasteiger partial charge in [0.15, 0.2) is 5.17 Å². The van der Waals surface area contributed by atoms with Gasteiger partial charge in [0.05, 0.1) is 11.4 Å². The van der Waals surface area contributed by atoms with Crippen molar-refractivity contribution in [3.05, 3.63) is 89.2 Å². The molecule has 0 spiro atoms. The normalized spacial score (nSPS) is 15.4. The molecule has 0 radical (unpaired) electrons. The number of anilines is 1. The van der Waals surface area contributed by atoms with Gasteiger partial charge in [-0.25, -0.2) is 9.38 Å². The second-order valence-corrected chi connectivity index (χ2v) is 7.11. The average Bonchev–Trinajstić information content (AvgIpc) is 3.25. The summed E-state index contributed by atoms with van der Waals surface area (Å²) in [5.74, 6) is 0.605. The Bertz CT molecular complexity index is 1060. The Labute approximate surface area is 165 Å². The van der Waals surface area contributed by atoms with Crippen molar-refractivity contribution in [2.45, 2.75) is 12.7 Å². The van der Waals surface area contributed by atoms with Crippen molar-refractivity contribution in [2.24, 2.45) is 4.99 Å². The number of aromatic nitrogens is 1. The van der Waals surface area contributed by atoms with E-state index in [0.717, 1.165) is 17.0 Å². The Morgan fingerprint density at radius 3 is 2.57 bits per heavy atom. The zero-order chi connectivity index (χ0) is 19.5. The van der Waals surface area contributed by atoms with Gasteiger partial charge < -0.3 is 4.52 Å². The van der Waals surface area contributed by atoms with Gasteiger partial charge >= 0.3 is 0 Å². The largest absolute Gasteiger partial charge is 0.361 e. The van der Waals surface area contributed by atoms with Crippen LogP contribution in [-0.4, -0.2) is 16.2 Å². The van der Waals surface area contributed by atoms with Gasteiger partial charge in [0.1, 0.15) is 17.3 Å². The number of benzene rings is 2. The summed E-state index contributed by atoms with van der Waals surface area (Å²) in [6.45, 7) is 1.82. The van der Waals surface area contributed by atoms with Crippen LogP contribution in [0.3, 0.4) is 0 Å². The molecule has 0 atom stereocenters. The number of hydrogen-bond acceptors (Lipinski definition) is 5. The third-order valence-electron chi connectivity index (χ3n) is 4.04. The summed E-state index contributed by atoms with van der Waals surface area (Å²) >= 11 is 1.37. The molecular formula is C21H16FN3O2S. The van der Waals surface area contributed by atoms with Crippen molar-refractivity contribution in [3.63, 3.8) is 0 Å². The third-order valence-corrected chi connectivity index (χ3v) is 5.02. The van der Waals surface area contributed by atoms with E-state index < -0.39 is 0 Å². The number of hydrogen-bond donors (Lipinski definition) is 0. The lowest BCUT2D eigenvalue weighted by Crippen LogP contribution is -2.30. The first-order chi connectivity index (χ1) is 13.6. The zero-order valence-corrected chi connectivity index (χ0v) is 15.8. The number of amides is 1. The van der Waals surface area contributed by atoms with Crippen LogP contribution in [0.2, 0.25) is 0 Å². The van der Waals surface area contributed by atoms with Crippen molar-refractivity contribution in [3.8, 4) is 0 Å². The highest BCUT2D eigenvalue weighted by Gasteiger charge is 2.32. The molecule has 1 aromatic heterocycles. The van der Waals surface area contributed by atoms with Crippen LogP contribution in [0.15, 0.2) is 75.9 Å². The number of rotatable bonds is 4. The number of aliphatic imine (C=N–C) groups is 1. The third kappa shape index (κ3) is 3.89. The number of halogens is 1. The molecule has 0 aliphatic carbocycles. The molecule has 1 amide bonds. The highest BCUT2D eigenvalue weighted by Crippen LogP contribution is 2.30. The van der Waals surface area contributed by atoms with E-state index in [0.29, 0.717) is 22.3 Å². The van der Waals surface area contributed by atoms with Crippen LogP contribution in [0.5, 0.6) is 0 Å². The van der Waals surface area contributed by atoms with Crippen LogP contribution in [0, 0.1) is 12.7 Å². The van der Waals surface area contributed by atoms with E-state index in [4.69, 9.17) is 4.52 Å². The highest BCUT2D eigenvalue weighted by molar-refractivity contribution is 8.13. The number of carbonyl (C=O) groups excluding carboxylic acids is 1. The zero-order valence-electron chi connectivity index (χ0n) is 15.0. The van der Waals surface area contributed by atoms with Crippen LogP contribution in [0.25, 0.3) is 6.08 Å². The first kappa shape index (κ1) is 18.2. The molecule has 7 heteroatoms. The van der Waals surface area contributed by atoms with Gasteiger partial charge in [-0.1, -0.05) is 47.3 Å². The molecule has 2 aromatic carbocycles. The van der Waals surface area contributed by atoms with Crippen LogP contribution in [-0.2, 0) is 10.5 Å². The number of nitrogens with zero attached hydrogens (tertiary/aromatic N) is 3. The van der Waals surface area contributed by atoms with Gasteiger partial charge in [0.25, 0.3) is 5.91 Å². The maximum Gasteiger partial charge on any atom is 0.283 e. The van der Waals surface area contributed by atoms with Gasteiger partial charge in [0, 0.05) is 11.8 Å². The topological polar surface area (TPSA) is 58.7 Å². The van der Waals surface area contributed by atoms with Gasteiger partial charge in [-0.15, -0.1) is 0 Å². The lowest BCUT2D eigenvalue weighted by Gasteiger charge is -2.17. The molecule has 2 heterocycles. The predicted octanol–water partition coefficient (Wildman–Crippen LogP) is 4.80. The van der Waals surface area contributed by atoms with Gasteiger partial charge in [-0.05, 0) is 42.8 Å². The molecule has 140 valence electrons. The SMILES string of the molecule is Cc1cc(CSC2=N/C(=C\c3ccccc3)C(=O)N2c2ccc(F)cc2)no1. The number of thioether (sulfide) groups is 1. The molecule has 0 bridgehead atoms. The summed E-state index contributed by atoms with van der Waals surface area (Å²) in [4.78, 5) is 19.0. The molecule has 5 nitrogen and oxygen atoms in total. The Hall–Kier alpha value is -3.19. The minimum Gasteiger partial charge on any atom is -0.361 e. The average molecular weight is 393 g/mol. The van der Waals surface area contributed by atoms with Crippen LogP contribution >= 0.6 is 11.8 Å². The number of amidine groups is 1. The van der Waals surface area contributed by atoms with Crippen molar-refractivity contribution >= 4 is 34.6 Å². The Balaban J connectivity index is 1.66. The van der Waals surface area contributed by atoms with Gasteiger partial charge in [-0.3, -0.25) is 9.69 Å². The summed E-state index contributed by atoms with van der Waals surface area (Å²) in [5, 5.41) is 4.49. The molecule has 28 heavy (non-hydrogen) atoms. The minimum atomic E-state index is -0.361. The summed E-state index contributed by atoms with van der Waals surface area (Å²) in [6.07, 6.45) is 1.74. The van der Waals surface area contributed by atoms with Crippen LogP contribution in [0.1, 0.15) is 17.0 Å². The number of aryl methyl sites for hydroxylation is 1. The van der Waals surface area contributed by atoms with Gasteiger partial charge in [-0.2, -0.15) is 0 Å². The van der Waals surface area contributed by atoms with Gasteiger partial charge in [0.2, 0.25) is 0 Å². The molecule has 1 aliphatic rings. The van der Waals surface area contributed by atoms with Crippen molar-refractivity contribution < 1.29 is 13.7 Å². The fourth-order valence-electron chi connectivity index (χ4n) is 2.74. The lowest BCUT2D eigenvalue weighted by atomic mass is 10.2. The van der Waals surface area contributed by atoms with Crippen molar-refractivity contribution in [1.29, 1.82) is 0 Å². The monoisotopic (exact) mass is 393 g/mol. The molecule has 0 fully saturated rings.